The Morgan fingerprint density at radius 3 is 2.81 bits per heavy atom. The van der Waals surface area contributed by atoms with E-state index in [4.69, 9.17) is 0 Å². The summed E-state index contributed by atoms with van der Waals surface area (Å²) in [6.07, 6.45) is 3.09. The molecule has 0 spiro atoms. The number of carbonyl (C=O) groups excluding carboxylic acids is 1. The van der Waals surface area contributed by atoms with Crippen molar-refractivity contribution in [3.8, 4) is 0 Å². The van der Waals surface area contributed by atoms with Gasteiger partial charge in [0.05, 0.1) is 16.7 Å². The molecule has 0 unspecified atom stereocenters. The number of alkyl halides is 1. The third kappa shape index (κ3) is 2.08. The number of hydrogen-bond donors (Lipinski definition) is 2. The van der Waals surface area contributed by atoms with Crippen LogP contribution in [0, 0.1) is 10.1 Å². The molecule has 1 aliphatic rings. The highest BCUT2D eigenvalue weighted by Crippen LogP contribution is 2.37. The second-order valence-electron chi connectivity index (χ2n) is 3.90. The van der Waals surface area contributed by atoms with E-state index in [-0.39, 0.29) is 22.8 Å². The van der Waals surface area contributed by atoms with Gasteiger partial charge in [-0.2, -0.15) is 0 Å². The molecule has 0 aromatic carbocycles. The predicted molar refractivity (Wildman–Crippen MR) is 60.7 cm³/mol. The van der Waals surface area contributed by atoms with Crippen molar-refractivity contribution in [1.82, 2.24) is 10.3 Å². The molecule has 1 saturated carbocycles. The van der Waals surface area contributed by atoms with Gasteiger partial charge in [0.2, 0.25) is 0 Å². The molecule has 0 aliphatic heterocycles. The lowest BCUT2D eigenvalue weighted by Gasteiger charge is -2.12. The summed E-state index contributed by atoms with van der Waals surface area (Å²) in [6.45, 7) is 0. The quantitative estimate of drug-likeness (QED) is 0.501. The lowest BCUT2D eigenvalue weighted by Crippen LogP contribution is -2.38. The third-order valence-corrected chi connectivity index (χ3v) is 3.68. The molecule has 6 nitrogen and oxygen atoms in total. The number of carbonyl (C=O) groups is 1. The monoisotopic (exact) mass is 287 g/mol. The topological polar surface area (TPSA) is 88.0 Å². The molecule has 0 bridgehead atoms. The number of nitro groups is 1. The zero-order valence-corrected chi connectivity index (χ0v) is 9.91. The molecule has 0 atom stereocenters. The first-order chi connectivity index (χ1) is 7.56. The van der Waals surface area contributed by atoms with Gasteiger partial charge in [-0.05, 0) is 12.8 Å². The lowest BCUT2D eigenvalue weighted by molar-refractivity contribution is -0.384. The van der Waals surface area contributed by atoms with Crippen LogP contribution in [0.3, 0.4) is 0 Å². The van der Waals surface area contributed by atoms with E-state index in [2.05, 4.69) is 26.2 Å². The molecule has 1 amide bonds. The summed E-state index contributed by atoms with van der Waals surface area (Å²) in [4.78, 5) is 24.2. The van der Waals surface area contributed by atoms with Crippen LogP contribution < -0.4 is 5.32 Å². The van der Waals surface area contributed by atoms with Crippen molar-refractivity contribution in [2.45, 2.75) is 18.4 Å². The van der Waals surface area contributed by atoms with Gasteiger partial charge in [0.25, 0.3) is 11.6 Å². The van der Waals surface area contributed by atoms with Gasteiger partial charge in [0, 0.05) is 11.4 Å². The number of aromatic nitrogens is 1. The van der Waals surface area contributed by atoms with Gasteiger partial charge in [-0.1, -0.05) is 15.9 Å². The number of rotatable bonds is 4. The summed E-state index contributed by atoms with van der Waals surface area (Å²) in [6, 6.07) is 1.24. The number of amides is 1. The van der Waals surface area contributed by atoms with Crippen LogP contribution in [0.25, 0.3) is 0 Å². The highest BCUT2D eigenvalue weighted by atomic mass is 79.9. The van der Waals surface area contributed by atoms with Gasteiger partial charge >= 0.3 is 0 Å². The third-order valence-electron chi connectivity index (χ3n) is 2.61. The first kappa shape index (κ1) is 11.1. The minimum absolute atomic E-state index is 0.103. The highest BCUT2D eigenvalue weighted by molar-refractivity contribution is 9.09. The van der Waals surface area contributed by atoms with Crippen molar-refractivity contribution >= 4 is 27.5 Å². The van der Waals surface area contributed by atoms with Crippen LogP contribution in [0.1, 0.15) is 23.3 Å². The number of hydrogen-bond acceptors (Lipinski definition) is 3. The SMILES string of the molecule is O=C(NC1(CBr)CC1)c1cc([N+](=O)[O-])c[nH]1. The highest BCUT2D eigenvalue weighted by Gasteiger charge is 2.43. The van der Waals surface area contributed by atoms with E-state index >= 15 is 0 Å². The van der Waals surface area contributed by atoms with Gasteiger partial charge in [0.15, 0.2) is 0 Å². The van der Waals surface area contributed by atoms with Crippen LogP contribution in [-0.2, 0) is 0 Å². The molecular weight excluding hydrogens is 278 g/mol. The lowest BCUT2D eigenvalue weighted by atomic mass is 10.3. The summed E-state index contributed by atoms with van der Waals surface area (Å²) in [5.74, 6) is -0.301. The molecule has 1 heterocycles. The molecule has 2 rings (SSSR count). The first-order valence-electron chi connectivity index (χ1n) is 4.78. The Morgan fingerprint density at radius 1 is 1.69 bits per heavy atom. The van der Waals surface area contributed by atoms with Crippen molar-refractivity contribution in [3.63, 3.8) is 0 Å². The maximum atomic E-state index is 11.7. The average Bonchev–Trinajstić information content (AvgIpc) is 2.83. The van der Waals surface area contributed by atoms with E-state index in [0.717, 1.165) is 12.8 Å². The molecule has 86 valence electrons. The van der Waals surface area contributed by atoms with Gasteiger partial charge in [-0.25, -0.2) is 0 Å². The predicted octanol–water partition coefficient (Wildman–Crippen LogP) is 1.58. The second kappa shape index (κ2) is 3.89. The van der Waals surface area contributed by atoms with E-state index in [9.17, 15) is 14.9 Å². The fourth-order valence-corrected chi connectivity index (χ4v) is 2.07. The largest absolute Gasteiger partial charge is 0.351 e. The van der Waals surface area contributed by atoms with E-state index in [0.29, 0.717) is 5.33 Å². The van der Waals surface area contributed by atoms with E-state index in [1.165, 1.54) is 12.3 Å². The number of H-pyrrole nitrogens is 1. The number of aromatic amines is 1. The van der Waals surface area contributed by atoms with Crippen LogP contribution in [0.2, 0.25) is 0 Å². The Balaban J connectivity index is 2.06. The molecule has 0 radical (unpaired) electrons. The smallest absolute Gasteiger partial charge is 0.287 e. The average molecular weight is 288 g/mol. The summed E-state index contributed by atoms with van der Waals surface area (Å²) < 4.78 is 0. The van der Waals surface area contributed by atoms with Gasteiger partial charge < -0.3 is 10.3 Å². The van der Waals surface area contributed by atoms with Crippen molar-refractivity contribution in [1.29, 1.82) is 0 Å². The van der Waals surface area contributed by atoms with Gasteiger partial charge in [-0.3, -0.25) is 14.9 Å². The molecular formula is C9H10BrN3O3. The maximum Gasteiger partial charge on any atom is 0.287 e. The molecule has 1 aromatic heterocycles. The van der Waals surface area contributed by atoms with Crippen molar-refractivity contribution in [3.05, 3.63) is 28.1 Å². The van der Waals surface area contributed by atoms with Gasteiger partial charge in [0.1, 0.15) is 5.69 Å². The molecule has 1 aliphatic carbocycles. The Kier molecular flexibility index (Phi) is 2.71. The molecule has 1 aromatic rings. The van der Waals surface area contributed by atoms with Crippen molar-refractivity contribution < 1.29 is 9.72 Å². The Bertz CT molecular complexity index is 439. The maximum absolute atomic E-state index is 11.7. The summed E-state index contributed by atoms with van der Waals surface area (Å²) in [5, 5.41) is 14.0. The second-order valence-corrected chi connectivity index (χ2v) is 4.46. The van der Waals surface area contributed by atoms with Crippen LogP contribution in [0.5, 0.6) is 0 Å². The summed E-state index contributed by atoms with van der Waals surface area (Å²) in [5.41, 5.74) is -0.0375. The van der Waals surface area contributed by atoms with Crippen molar-refractivity contribution in [2.24, 2.45) is 0 Å². The first-order valence-corrected chi connectivity index (χ1v) is 5.90. The Labute approximate surface area is 99.7 Å². The Hall–Kier alpha value is -1.37. The fourth-order valence-electron chi connectivity index (χ4n) is 1.37. The van der Waals surface area contributed by atoms with Crippen LogP contribution in [-0.4, -0.2) is 26.7 Å². The standard InChI is InChI=1S/C9H10BrN3O3/c10-5-9(1-2-9)12-8(14)7-3-6(4-11-7)13(15)16/h3-4,11H,1-2,5H2,(H,12,14). The molecule has 7 heteroatoms. The van der Waals surface area contributed by atoms with E-state index in [1.807, 2.05) is 0 Å². The van der Waals surface area contributed by atoms with E-state index < -0.39 is 4.92 Å². The number of nitrogens with zero attached hydrogens (tertiary/aromatic N) is 1. The molecule has 16 heavy (non-hydrogen) atoms. The Morgan fingerprint density at radius 2 is 2.38 bits per heavy atom. The van der Waals surface area contributed by atoms with E-state index in [1.54, 1.807) is 0 Å². The fraction of sp³-hybridized carbons (Fsp3) is 0.444. The minimum Gasteiger partial charge on any atom is -0.351 e. The summed E-state index contributed by atoms with van der Waals surface area (Å²) >= 11 is 3.33. The molecule has 2 N–H and O–H groups in total. The normalized spacial score (nSPS) is 16.8. The zero-order valence-electron chi connectivity index (χ0n) is 8.33. The molecule has 1 fully saturated rings. The van der Waals surface area contributed by atoms with Crippen LogP contribution >= 0.6 is 15.9 Å². The zero-order chi connectivity index (χ0) is 11.8. The minimum atomic E-state index is -0.537. The van der Waals surface area contributed by atoms with Crippen molar-refractivity contribution in [2.75, 3.05) is 5.33 Å². The number of nitrogens with one attached hydrogen (secondary N) is 2. The molecule has 0 saturated heterocycles. The number of halogens is 1. The van der Waals surface area contributed by atoms with Gasteiger partial charge in [-0.15, -0.1) is 0 Å². The summed E-state index contributed by atoms with van der Waals surface area (Å²) in [7, 11) is 0. The van der Waals surface area contributed by atoms with Crippen LogP contribution in [0.15, 0.2) is 12.3 Å². The van der Waals surface area contributed by atoms with Crippen LogP contribution in [0.4, 0.5) is 5.69 Å².